The van der Waals surface area contributed by atoms with Gasteiger partial charge in [-0.05, 0) is 59.5 Å². The normalized spacial score (nSPS) is 18.7. The Morgan fingerprint density at radius 1 is 1.16 bits per heavy atom. The van der Waals surface area contributed by atoms with Crippen LogP contribution in [0.4, 0.5) is 23.2 Å². The highest BCUT2D eigenvalue weighted by Crippen LogP contribution is 2.44. The third-order valence-electron chi connectivity index (χ3n) is 6.23. The van der Waals surface area contributed by atoms with Gasteiger partial charge in [-0.1, -0.05) is 24.3 Å². The van der Waals surface area contributed by atoms with Gasteiger partial charge in [0.15, 0.2) is 5.60 Å². The second-order valence-electron chi connectivity index (χ2n) is 8.87. The first-order valence-electron chi connectivity index (χ1n) is 11.4. The van der Waals surface area contributed by atoms with Crippen LogP contribution in [0.3, 0.4) is 0 Å². The van der Waals surface area contributed by atoms with Crippen molar-refractivity contribution in [3.05, 3.63) is 77.1 Å². The molecule has 38 heavy (non-hydrogen) atoms. The van der Waals surface area contributed by atoms with Gasteiger partial charge in [0, 0.05) is 20.1 Å². The van der Waals surface area contributed by atoms with Crippen molar-refractivity contribution in [3.63, 3.8) is 0 Å². The molecule has 2 aromatic carbocycles. The van der Waals surface area contributed by atoms with Crippen LogP contribution in [0.15, 0.2) is 60.2 Å². The van der Waals surface area contributed by atoms with E-state index in [2.05, 4.69) is 5.32 Å². The third-order valence-corrected chi connectivity index (χ3v) is 6.83. The Balaban J connectivity index is 1.84. The van der Waals surface area contributed by atoms with Crippen LogP contribution in [0, 0.1) is 5.82 Å². The van der Waals surface area contributed by atoms with Crippen LogP contribution >= 0.6 is 0 Å². The Hall–Kier alpha value is -3.38. The number of carbonyl (C=O) groups excluding carboxylic acids is 1. The second-order valence-corrected chi connectivity index (χ2v) is 10.6. The first kappa shape index (κ1) is 29.2. The molecule has 0 aliphatic heterocycles. The Labute approximate surface area is 218 Å². The summed E-state index contributed by atoms with van der Waals surface area (Å²) in [6.07, 6.45) is -1.90. The molecular weight excluding hydrogens is 528 g/mol. The number of anilines is 1. The maximum atomic E-state index is 14.4. The lowest BCUT2D eigenvalue weighted by molar-refractivity contribution is -0.248. The van der Waals surface area contributed by atoms with Crippen LogP contribution in [0.1, 0.15) is 30.4 Å². The summed E-state index contributed by atoms with van der Waals surface area (Å²) >= 11 is 0. The van der Waals surface area contributed by atoms with E-state index in [-0.39, 0.29) is 23.4 Å². The SMILES string of the molecule is COc1cccc(C2=CC(OC)(C(F)(F)F)CC=C2CNC(=O)C(C)c2ccc(NS(C)(=O)=O)c(F)c2)c1. The molecule has 2 aromatic rings. The minimum absolute atomic E-state index is 0.0972. The van der Waals surface area contributed by atoms with Gasteiger partial charge < -0.3 is 14.8 Å². The summed E-state index contributed by atoms with van der Waals surface area (Å²) in [7, 11) is -1.26. The summed E-state index contributed by atoms with van der Waals surface area (Å²) < 4.78 is 91.2. The van der Waals surface area contributed by atoms with E-state index in [1.54, 1.807) is 24.3 Å². The predicted molar refractivity (Wildman–Crippen MR) is 136 cm³/mol. The largest absolute Gasteiger partial charge is 0.497 e. The fraction of sp³-hybridized carbons (Fsp3) is 0.346. The standard InChI is InChI=1S/C26H28F4N2O5S/c1-16(17-8-9-23(22(27)13-17)32-38(4,34)35)24(33)31-15-19-10-11-25(37-3,26(28,29)30)14-21(19)18-6-5-7-20(12-18)36-2/h5-10,12-14,16,32H,11,15H2,1-4H3,(H,31,33). The van der Waals surface area contributed by atoms with Crippen molar-refractivity contribution >= 4 is 27.2 Å². The van der Waals surface area contributed by atoms with Crippen LogP contribution in [-0.2, 0) is 19.6 Å². The lowest BCUT2D eigenvalue weighted by Gasteiger charge is -2.35. The number of carbonyl (C=O) groups is 1. The zero-order valence-electron chi connectivity index (χ0n) is 21.1. The molecule has 1 aliphatic rings. The molecule has 0 aromatic heterocycles. The van der Waals surface area contributed by atoms with Gasteiger partial charge in [0.25, 0.3) is 0 Å². The van der Waals surface area contributed by atoms with Gasteiger partial charge in [-0.2, -0.15) is 13.2 Å². The van der Waals surface area contributed by atoms with Gasteiger partial charge >= 0.3 is 6.18 Å². The molecule has 0 saturated carbocycles. The molecule has 0 heterocycles. The zero-order valence-corrected chi connectivity index (χ0v) is 22.0. The second kappa shape index (κ2) is 11.2. The first-order chi connectivity index (χ1) is 17.7. The van der Waals surface area contributed by atoms with Gasteiger partial charge in [0.2, 0.25) is 15.9 Å². The number of hydrogen-bond acceptors (Lipinski definition) is 5. The number of hydrogen-bond donors (Lipinski definition) is 2. The number of halogens is 4. The average molecular weight is 557 g/mol. The lowest BCUT2D eigenvalue weighted by atomic mass is 9.83. The maximum absolute atomic E-state index is 14.4. The molecule has 7 nitrogen and oxygen atoms in total. The Morgan fingerprint density at radius 3 is 2.45 bits per heavy atom. The van der Waals surface area contributed by atoms with Crippen molar-refractivity contribution in [2.45, 2.75) is 31.0 Å². The van der Waals surface area contributed by atoms with E-state index in [9.17, 15) is 30.8 Å². The Bertz CT molecular complexity index is 1370. The quantitative estimate of drug-likeness (QED) is 0.434. The van der Waals surface area contributed by atoms with Crippen LogP contribution < -0.4 is 14.8 Å². The molecule has 206 valence electrons. The number of ether oxygens (including phenoxy) is 2. The average Bonchev–Trinajstić information content (AvgIpc) is 2.86. The fourth-order valence-electron chi connectivity index (χ4n) is 4.02. The number of amides is 1. The summed E-state index contributed by atoms with van der Waals surface area (Å²) in [4.78, 5) is 12.9. The van der Waals surface area contributed by atoms with E-state index >= 15 is 0 Å². The number of alkyl halides is 3. The number of rotatable bonds is 9. The highest BCUT2D eigenvalue weighted by molar-refractivity contribution is 7.92. The van der Waals surface area contributed by atoms with Crippen molar-refractivity contribution in [1.29, 1.82) is 0 Å². The highest BCUT2D eigenvalue weighted by atomic mass is 32.2. The predicted octanol–water partition coefficient (Wildman–Crippen LogP) is 4.79. The van der Waals surface area contributed by atoms with Crippen molar-refractivity contribution in [1.82, 2.24) is 5.32 Å². The molecule has 0 fully saturated rings. The molecule has 2 N–H and O–H groups in total. The topological polar surface area (TPSA) is 93.7 Å². The molecule has 1 aliphatic carbocycles. The van der Waals surface area contributed by atoms with Gasteiger partial charge in [0.1, 0.15) is 11.6 Å². The molecule has 0 spiro atoms. The number of methoxy groups -OCH3 is 2. The van der Waals surface area contributed by atoms with E-state index < -0.39 is 45.9 Å². The molecule has 1 amide bonds. The van der Waals surface area contributed by atoms with Crippen LogP contribution in [0.2, 0.25) is 0 Å². The number of benzene rings is 2. The van der Waals surface area contributed by atoms with Crippen molar-refractivity contribution in [2.75, 3.05) is 31.7 Å². The molecule has 0 radical (unpaired) electrons. The van der Waals surface area contributed by atoms with Crippen molar-refractivity contribution in [2.24, 2.45) is 0 Å². The summed E-state index contributed by atoms with van der Waals surface area (Å²) in [5, 5.41) is 2.70. The fourth-order valence-corrected chi connectivity index (χ4v) is 4.59. The van der Waals surface area contributed by atoms with E-state index in [0.717, 1.165) is 25.5 Å². The lowest BCUT2D eigenvalue weighted by Crippen LogP contribution is -2.46. The molecule has 0 bridgehead atoms. The third kappa shape index (κ3) is 6.54. The minimum atomic E-state index is -4.69. The van der Waals surface area contributed by atoms with Gasteiger partial charge in [-0.3, -0.25) is 9.52 Å². The van der Waals surface area contributed by atoms with Gasteiger partial charge in [0.05, 0.1) is 25.0 Å². The summed E-state index contributed by atoms with van der Waals surface area (Å²) in [6, 6.07) is 10.2. The van der Waals surface area contributed by atoms with Crippen molar-refractivity contribution < 1.29 is 40.2 Å². The first-order valence-corrected chi connectivity index (χ1v) is 13.3. The van der Waals surface area contributed by atoms with Crippen LogP contribution in [0.5, 0.6) is 5.75 Å². The number of nitrogens with one attached hydrogen (secondary N) is 2. The molecular formula is C26H28F4N2O5S. The van der Waals surface area contributed by atoms with Crippen LogP contribution in [0.25, 0.3) is 5.57 Å². The Kier molecular flexibility index (Phi) is 8.57. The maximum Gasteiger partial charge on any atom is 0.421 e. The smallest absolute Gasteiger partial charge is 0.421 e. The van der Waals surface area contributed by atoms with Crippen molar-refractivity contribution in [3.8, 4) is 5.75 Å². The monoisotopic (exact) mass is 556 g/mol. The minimum Gasteiger partial charge on any atom is -0.497 e. The summed E-state index contributed by atoms with van der Waals surface area (Å²) in [6.45, 7) is 1.43. The molecule has 0 saturated heterocycles. The highest BCUT2D eigenvalue weighted by Gasteiger charge is 2.54. The van der Waals surface area contributed by atoms with E-state index in [1.165, 1.54) is 32.2 Å². The zero-order chi connectivity index (χ0) is 28.3. The van der Waals surface area contributed by atoms with E-state index in [4.69, 9.17) is 9.47 Å². The van der Waals surface area contributed by atoms with E-state index in [0.29, 0.717) is 16.9 Å². The molecule has 2 atom stereocenters. The van der Waals surface area contributed by atoms with Crippen LogP contribution in [-0.4, -0.2) is 53.1 Å². The van der Waals surface area contributed by atoms with E-state index in [1.807, 2.05) is 4.72 Å². The molecule has 12 heteroatoms. The van der Waals surface area contributed by atoms with Gasteiger partial charge in [-0.15, -0.1) is 0 Å². The number of sulfonamides is 1. The summed E-state index contributed by atoms with van der Waals surface area (Å²) in [5.74, 6) is -1.75. The molecule has 3 rings (SSSR count). The molecule has 2 unspecified atom stereocenters. The Morgan fingerprint density at radius 2 is 1.87 bits per heavy atom. The summed E-state index contributed by atoms with van der Waals surface area (Å²) in [5.41, 5.74) is -1.39. The van der Waals surface area contributed by atoms with Gasteiger partial charge in [-0.25, -0.2) is 12.8 Å².